The summed E-state index contributed by atoms with van der Waals surface area (Å²) in [5, 5.41) is 8.15. The molecule has 1 aromatic carbocycles. The number of sulfonamides is 1. The molecule has 1 fully saturated rings. The smallest absolute Gasteiger partial charge is 0.219 e. The maximum Gasteiger partial charge on any atom is 0.219 e. The van der Waals surface area contributed by atoms with Gasteiger partial charge in [-0.05, 0) is 30.5 Å². The van der Waals surface area contributed by atoms with Crippen molar-refractivity contribution in [2.75, 3.05) is 13.1 Å². The van der Waals surface area contributed by atoms with Gasteiger partial charge in [0.2, 0.25) is 21.8 Å². The van der Waals surface area contributed by atoms with Crippen LogP contribution in [0.25, 0.3) is 0 Å². The van der Waals surface area contributed by atoms with E-state index in [1.54, 1.807) is 0 Å². The average Bonchev–Trinajstić information content (AvgIpc) is 3.07. The third kappa shape index (κ3) is 4.24. The van der Waals surface area contributed by atoms with Crippen LogP contribution in [0, 0.1) is 5.82 Å². The number of aromatic nitrogens is 2. The van der Waals surface area contributed by atoms with E-state index in [1.165, 1.54) is 28.6 Å². The highest BCUT2D eigenvalue weighted by molar-refractivity contribution is 7.88. The second kappa shape index (κ2) is 7.21. The second-order valence-corrected chi connectivity index (χ2v) is 8.66. The van der Waals surface area contributed by atoms with E-state index in [4.69, 9.17) is 4.42 Å². The molecule has 0 saturated carbocycles. The van der Waals surface area contributed by atoms with Gasteiger partial charge in [0.1, 0.15) is 5.82 Å². The molecule has 1 aromatic heterocycles. The molecule has 6 nitrogen and oxygen atoms in total. The van der Waals surface area contributed by atoms with E-state index in [1.807, 2.05) is 13.8 Å². The summed E-state index contributed by atoms with van der Waals surface area (Å²) in [6.45, 7) is 4.82. The molecule has 1 saturated heterocycles. The normalized spacial score (nSPS) is 17.3. The van der Waals surface area contributed by atoms with Crippen LogP contribution in [0.15, 0.2) is 28.7 Å². The van der Waals surface area contributed by atoms with Gasteiger partial charge in [-0.15, -0.1) is 10.2 Å². The van der Waals surface area contributed by atoms with Crippen molar-refractivity contribution in [3.05, 3.63) is 47.4 Å². The maximum absolute atomic E-state index is 13.0. The van der Waals surface area contributed by atoms with E-state index < -0.39 is 10.0 Å². The van der Waals surface area contributed by atoms with Crippen LogP contribution in [0.4, 0.5) is 4.39 Å². The summed E-state index contributed by atoms with van der Waals surface area (Å²) in [7, 11) is -3.42. The SMILES string of the molecule is CC(C)c1nnc(C2CCN(S(=O)(=O)Cc3ccc(F)cc3)CC2)o1. The predicted molar refractivity (Wildman–Crippen MR) is 91.0 cm³/mol. The molecule has 136 valence electrons. The molecule has 0 bridgehead atoms. The molecule has 1 aliphatic heterocycles. The molecule has 8 heteroatoms. The summed E-state index contributed by atoms with van der Waals surface area (Å²) < 4.78 is 45.2. The Hall–Kier alpha value is -1.80. The zero-order valence-corrected chi connectivity index (χ0v) is 15.2. The van der Waals surface area contributed by atoms with E-state index >= 15 is 0 Å². The Morgan fingerprint density at radius 3 is 2.40 bits per heavy atom. The molecule has 0 aliphatic carbocycles. The van der Waals surface area contributed by atoms with E-state index in [0.29, 0.717) is 43.3 Å². The van der Waals surface area contributed by atoms with Crippen LogP contribution in [0.3, 0.4) is 0 Å². The molecule has 2 heterocycles. The van der Waals surface area contributed by atoms with Gasteiger partial charge >= 0.3 is 0 Å². The van der Waals surface area contributed by atoms with Crippen molar-refractivity contribution in [2.24, 2.45) is 0 Å². The Balaban J connectivity index is 1.61. The van der Waals surface area contributed by atoms with Gasteiger partial charge in [0.05, 0.1) is 5.75 Å². The first-order chi connectivity index (χ1) is 11.8. The van der Waals surface area contributed by atoms with Crippen molar-refractivity contribution >= 4 is 10.0 Å². The maximum atomic E-state index is 13.0. The van der Waals surface area contributed by atoms with Gasteiger partial charge in [-0.2, -0.15) is 0 Å². The van der Waals surface area contributed by atoms with Crippen molar-refractivity contribution < 1.29 is 17.2 Å². The minimum atomic E-state index is -3.42. The standard InChI is InChI=1S/C17H22FN3O3S/c1-12(2)16-19-20-17(24-16)14-7-9-21(10-8-14)25(22,23)11-13-3-5-15(18)6-4-13/h3-6,12,14H,7-11H2,1-2H3. The third-order valence-corrected chi connectivity index (χ3v) is 6.26. The molecule has 0 spiro atoms. The van der Waals surface area contributed by atoms with Gasteiger partial charge in [0, 0.05) is 24.9 Å². The number of benzene rings is 1. The van der Waals surface area contributed by atoms with Gasteiger partial charge in [0.25, 0.3) is 0 Å². The van der Waals surface area contributed by atoms with Crippen molar-refractivity contribution in [1.29, 1.82) is 0 Å². The quantitative estimate of drug-likeness (QED) is 0.812. The predicted octanol–water partition coefficient (Wildman–Crippen LogP) is 3.04. The highest BCUT2D eigenvalue weighted by atomic mass is 32.2. The molecule has 1 aliphatic rings. The average molecular weight is 367 g/mol. The number of hydrogen-bond acceptors (Lipinski definition) is 5. The van der Waals surface area contributed by atoms with Crippen LogP contribution in [0.2, 0.25) is 0 Å². The summed E-state index contributed by atoms with van der Waals surface area (Å²) in [5.74, 6) is 0.994. The Morgan fingerprint density at radius 2 is 1.84 bits per heavy atom. The molecular formula is C17H22FN3O3S. The highest BCUT2D eigenvalue weighted by Gasteiger charge is 2.31. The number of piperidine rings is 1. The fraction of sp³-hybridized carbons (Fsp3) is 0.529. The first-order valence-electron chi connectivity index (χ1n) is 8.40. The summed E-state index contributed by atoms with van der Waals surface area (Å²) >= 11 is 0. The first kappa shape index (κ1) is 18.0. The summed E-state index contributed by atoms with van der Waals surface area (Å²) in [4.78, 5) is 0. The van der Waals surface area contributed by atoms with Crippen molar-refractivity contribution in [1.82, 2.24) is 14.5 Å². The Kier molecular flexibility index (Phi) is 5.19. The molecular weight excluding hydrogens is 345 g/mol. The first-order valence-corrected chi connectivity index (χ1v) is 10.0. The third-order valence-electron chi connectivity index (χ3n) is 4.41. The molecule has 3 rings (SSSR count). The fourth-order valence-electron chi connectivity index (χ4n) is 2.91. The highest BCUT2D eigenvalue weighted by Crippen LogP contribution is 2.30. The lowest BCUT2D eigenvalue weighted by atomic mass is 9.98. The van der Waals surface area contributed by atoms with Crippen LogP contribution >= 0.6 is 0 Å². The second-order valence-electron chi connectivity index (χ2n) is 6.69. The van der Waals surface area contributed by atoms with Gasteiger partial charge in [0.15, 0.2) is 0 Å². The zero-order valence-electron chi connectivity index (χ0n) is 14.4. The fourth-order valence-corrected chi connectivity index (χ4v) is 4.47. The number of halogens is 1. The van der Waals surface area contributed by atoms with Crippen LogP contribution in [0.5, 0.6) is 0 Å². The molecule has 0 N–H and O–H groups in total. The van der Waals surface area contributed by atoms with Gasteiger partial charge < -0.3 is 4.42 Å². The number of nitrogens with zero attached hydrogens (tertiary/aromatic N) is 3. The topological polar surface area (TPSA) is 76.3 Å². The van der Waals surface area contributed by atoms with E-state index in [9.17, 15) is 12.8 Å². The number of rotatable bonds is 5. The minimum Gasteiger partial charge on any atom is -0.425 e. The summed E-state index contributed by atoms with van der Waals surface area (Å²) in [5.41, 5.74) is 0.585. The van der Waals surface area contributed by atoms with Crippen molar-refractivity contribution in [3.63, 3.8) is 0 Å². The van der Waals surface area contributed by atoms with E-state index in [0.717, 1.165) is 0 Å². The molecule has 25 heavy (non-hydrogen) atoms. The van der Waals surface area contributed by atoms with Crippen molar-refractivity contribution in [3.8, 4) is 0 Å². The lowest BCUT2D eigenvalue weighted by Crippen LogP contribution is -2.38. The Labute approximate surface area is 147 Å². The lowest BCUT2D eigenvalue weighted by molar-refractivity contribution is 0.284. The largest absolute Gasteiger partial charge is 0.425 e. The van der Waals surface area contributed by atoms with Crippen LogP contribution < -0.4 is 0 Å². The summed E-state index contributed by atoms with van der Waals surface area (Å²) in [6, 6.07) is 5.56. The molecule has 0 unspecified atom stereocenters. The van der Waals surface area contributed by atoms with Crippen LogP contribution in [0.1, 0.15) is 55.9 Å². The number of hydrogen-bond donors (Lipinski definition) is 0. The molecule has 0 radical (unpaired) electrons. The van der Waals surface area contributed by atoms with Gasteiger partial charge in [-0.3, -0.25) is 0 Å². The monoisotopic (exact) mass is 367 g/mol. The lowest BCUT2D eigenvalue weighted by Gasteiger charge is -2.29. The zero-order chi connectivity index (χ0) is 18.0. The van der Waals surface area contributed by atoms with Gasteiger partial charge in [-0.25, -0.2) is 17.1 Å². The van der Waals surface area contributed by atoms with Crippen LogP contribution in [-0.2, 0) is 15.8 Å². The van der Waals surface area contributed by atoms with E-state index in [2.05, 4.69) is 10.2 Å². The molecule has 0 atom stereocenters. The summed E-state index contributed by atoms with van der Waals surface area (Å²) in [6.07, 6.45) is 1.31. The molecule has 0 amide bonds. The Morgan fingerprint density at radius 1 is 1.20 bits per heavy atom. The molecule has 2 aromatic rings. The van der Waals surface area contributed by atoms with Gasteiger partial charge in [-0.1, -0.05) is 26.0 Å². The van der Waals surface area contributed by atoms with E-state index in [-0.39, 0.29) is 23.4 Å². The Bertz CT molecular complexity index is 810. The van der Waals surface area contributed by atoms with Crippen molar-refractivity contribution in [2.45, 2.75) is 44.3 Å². The minimum absolute atomic E-state index is 0.0947. The van der Waals surface area contributed by atoms with Crippen LogP contribution in [-0.4, -0.2) is 36.0 Å².